The second-order valence-corrected chi connectivity index (χ2v) is 10.6. The molecule has 186 valence electrons. The third-order valence-electron chi connectivity index (χ3n) is 6.03. The van der Waals surface area contributed by atoms with Gasteiger partial charge in [-0.05, 0) is 42.8 Å². The van der Waals surface area contributed by atoms with Crippen LogP contribution in [0.2, 0.25) is 0 Å². The summed E-state index contributed by atoms with van der Waals surface area (Å²) < 4.78 is 26.9. The van der Waals surface area contributed by atoms with Crippen molar-refractivity contribution in [3.63, 3.8) is 0 Å². The number of amides is 2. The molecule has 0 bridgehead atoms. The summed E-state index contributed by atoms with van der Waals surface area (Å²) in [6.07, 6.45) is 1.86. The van der Waals surface area contributed by atoms with Gasteiger partial charge < -0.3 is 10.2 Å². The summed E-state index contributed by atoms with van der Waals surface area (Å²) in [5.41, 5.74) is 2.31. The number of hydrogen-bond acceptors (Lipinski definition) is 4. The molecular formula is C27H33N3O4S. The number of benzene rings is 3. The molecule has 2 amide bonds. The minimum absolute atomic E-state index is 0.194. The van der Waals surface area contributed by atoms with Crippen molar-refractivity contribution < 1.29 is 18.0 Å². The van der Waals surface area contributed by atoms with E-state index in [4.69, 9.17) is 0 Å². The van der Waals surface area contributed by atoms with Crippen molar-refractivity contribution in [1.29, 1.82) is 0 Å². The first-order valence-corrected chi connectivity index (χ1v) is 13.6. The number of carbonyl (C=O) groups excluding carboxylic acids is 2. The molecular weight excluding hydrogens is 462 g/mol. The van der Waals surface area contributed by atoms with Crippen molar-refractivity contribution in [3.8, 4) is 0 Å². The van der Waals surface area contributed by atoms with Gasteiger partial charge in [-0.2, -0.15) is 0 Å². The van der Waals surface area contributed by atoms with Crippen molar-refractivity contribution >= 4 is 38.3 Å². The summed E-state index contributed by atoms with van der Waals surface area (Å²) in [6, 6.07) is 19.7. The summed E-state index contributed by atoms with van der Waals surface area (Å²) in [7, 11) is -3.79. The Bertz CT molecular complexity index is 1300. The lowest BCUT2D eigenvalue weighted by Crippen LogP contribution is -2.51. The van der Waals surface area contributed by atoms with E-state index in [0.29, 0.717) is 12.2 Å². The lowest BCUT2D eigenvalue weighted by Gasteiger charge is -2.32. The molecule has 0 aromatic heterocycles. The Morgan fingerprint density at radius 1 is 0.971 bits per heavy atom. The van der Waals surface area contributed by atoms with E-state index in [1.165, 1.54) is 4.90 Å². The summed E-state index contributed by atoms with van der Waals surface area (Å²) >= 11 is 0. The van der Waals surface area contributed by atoms with Gasteiger partial charge in [0.1, 0.15) is 12.6 Å². The number of nitrogens with one attached hydrogen (secondary N) is 1. The standard InChI is InChI=1S/C27H33N3O4S/c1-5-17-28-27(32)21(3)29(18-23-13-7-6-11-20(23)2)26(31)19-30(35(4,33)34)25-16-10-14-22-12-8-9-15-24(22)25/h6-16,21H,5,17-19H2,1-4H3,(H,28,32)/t21-/m0/s1. The zero-order valence-electron chi connectivity index (χ0n) is 20.7. The maximum Gasteiger partial charge on any atom is 0.244 e. The first-order chi connectivity index (χ1) is 16.6. The van der Waals surface area contributed by atoms with Crippen molar-refractivity contribution in [2.75, 3.05) is 23.7 Å². The van der Waals surface area contributed by atoms with Crippen molar-refractivity contribution in [2.45, 2.75) is 39.8 Å². The maximum atomic E-state index is 13.7. The molecule has 0 heterocycles. The monoisotopic (exact) mass is 495 g/mol. The number of nitrogens with zero attached hydrogens (tertiary/aromatic N) is 2. The Kier molecular flexibility index (Phi) is 8.51. The highest BCUT2D eigenvalue weighted by molar-refractivity contribution is 7.92. The van der Waals surface area contributed by atoms with E-state index in [1.807, 2.05) is 68.4 Å². The molecule has 8 heteroatoms. The highest BCUT2D eigenvalue weighted by Gasteiger charge is 2.30. The number of fused-ring (bicyclic) bond motifs is 1. The number of carbonyl (C=O) groups is 2. The average molecular weight is 496 g/mol. The van der Waals surface area contributed by atoms with Gasteiger partial charge in [-0.15, -0.1) is 0 Å². The Labute approximate surface area is 207 Å². The number of sulfonamides is 1. The number of anilines is 1. The van der Waals surface area contributed by atoms with Gasteiger partial charge in [0.25, 0.3) is 0 Å². The Hall–Kier alpha value is -3.39. The molecule has 1 atom stereocenters. The van der Waals surface area contributed by atoms with Crippen LogP contribution in [0.4, 0.5) is 5.69 Å². The summed E-state index contributed by atoms with van der Waals surface area (Å²) in [4.78, 5) is 28.0. The van der Waals surface area contributed by atoms with Gasteiger partial charge in [0.15, 0.2) is 0 Å². The van der Waals surface area contributed by atoms with Crippen LogP contribution in [0.1, 0.15) is 31.4 Å². The van der Waals surface area contributed by atoms with E-state index in [2.05, 4.69) is 5.32 Å². The Balaban J connectivity index is 1.99. The third-order valence-corrected chi connectivity index (χ3v) is 7.16. The van der Waals surface area contributed by atoms with Crippen molar-refractivity contribution in [3.05, 3.63) is 77.9 Å². The Morgan fingerprint density at radius 2 is 1.63 bits per heavy atom. The molecule has 0 aliphatic rings. The predicted molar refractivity (Wildman–Crippen MR) is 141 cm³/mol. The van der Waals surface area contributed by atoms with Crippen LogP contribution in [-0.4, -0.2) is 50.5 Å². The molecule has 0 spiro atoms. The normalized spacial score (nSPS) is 12.2. The third kappa shape index (κ3) is 6.39. The second kappa shape index (κ2) is 11.4. The molecule has 0 unspecified atom stereocenters. The van der Waals surface area contributed by atoms with Crippen LogP contribution in [0.5, 0.6) is 0 Å². The van der Waals surface area contributed by atoms with E-state index in [-0.39, 0.29) is 12.5 Å². The van der Waals surface area contributed by atoms with Gasteiger partial charge >= 0.3 is 0 Å². The van der Waals surface area contributed by atoms with Gasteiger partial charge in [0.2, 0.25) is 21.8 Å². The molecule has 0 radical (unpaired) electrons. The smallest absolute Gasteiger partial charge is 0.244 e. The summed E-state index contributed by atoms with van der Waals surface area (Å²) in [5, 5.41) is 4.44. The maximum absolute atomic E-state index is 13.7. The first kappa shape index (κ1) is 26.2. The topological polar surface area (TPSA) is 86.8 Å². The number of hydrogen-bond donors (Lipinski definition) is 1. The average Bonchev–Trinajstić information content (AvgIpc) is 2.83. The van der Waals surface area contributed by atoms with Crippen LogP contribution in [-0.2, 0) is 26.2 Å². The SMILES string of the molecule is CCCNC(=O)[C@H](C)N(Cc1ccccc1C)C(=O)CN(c1cccc2ccccc12)S(C)(=O)=O. The lowest BCUT2D eigenvalue weighted by atomic mass is 10.1. The molecule has 35 heavy (non-hydrogen) atoms. The highest BCUT2D eigenvalue weighted by atomic mass is 32.2. The minimum Gasteiger partial charge on any atom is -0.354 e. The van der Waals surface area contributed by atoms with E-state index < -0.39 is 28.5 Å². The molecule has 3 aromatic carbocycles. The molecule has 0 aliphatic heterocycles. The van der Waals surface area contributed by atoms with E-state index in [9.17, 15) is 18.0 Å². The lowest BCUT2D eigenvalue weighted by molar-refractivity contribution is -0.139. The van der Waals surface area contributed by atoms with E-state index >= 15 is 0 Å². The van der Waals surface area contributed by atoms with E-state index in [0.717, 1.165) is 38.9 Å². The minimum atomic E-state index is -3.79. The fourth-order valence-electron chi connectivity index (χ4n) is 3.97. The zero-order chi connectivity index (χ0) is 25.6. The zero-order valence-corrected chi connectivity index (χ0v) is 21.5. The summed E-state index contributed by atoms with van der Waals surface area (Å²) in [6.45, 7) is 5.85. The van der Waals surface area contributed by atoms with Crippen molar-refractivity contribution in [1.82, 2.24) is 10.2 Å². The molecule has 0 fully saturated rings. The van der Waals surface area contributed by atoms with Crippen molar-refractivity contribution in [2.24, 2.45) is 0 Å². The van der Waals surface area contributed by atoms with Crippen LogP contribution in [0.25, 0.3) is 10.8 Å². The predicted octanol–water partition coefficient (Wildman–Crippen LogP) is 3.86. The second-order valence-electron chi connectivity index (χ2n) is 8.68. The van der Waals surface area contributed by atoms with Crippen LogP contribution in [0.15, 0.2) is 66.7 Å². The van der Waals surface area contributed by atoms with Gasteiger partial charge in [-0.1, -0.05) is 67.6 Å². The highest BCUT2D eigenvalue weighted by Crippen LogP contribution is 2.28. The van der Waals surface area contributed by atoms with Crippen LogP contribution in [0.3, 0.4) is 0 Å². The number of aryl methyl sites for hydroxylation is 1. The molecule has 0 saturated heterocycles. The van der Waals surface area contributed by atoms with Crippen LogP contribution in [0, 0.1) is 6.92 Å². The largest absolute Gasteiger partial charge is 0.354 e. The molecule has 0 aliphatic carbocycles. The first-order valence-electron chi connectivity index (χ1n) is 11.7. The van der Waals surface area contributed by atoms with E-state index in [1.54, 1.807) is 19.1 Å². The van der Waals surface area contributed by atoms with Gasteiger partial charge in [-0.3, -0.25) is 13.9 Å². The molecule has 3 rings (SSSR count). The van der Waals surface area contributed by atoms with Gasteiger partial charge in [0, 0.05) is 18.5 Å². The Morgan fingerprint density at radius 3 is 2.31 bits per heavy atom. The molecule has 7 nitrogen and oxygen atoms in total. The number of rotatable bonds is 10. The van der Waals surface area contributed by atoms with Gasteiger partial charge in [0.05, 0.1) is 11.9 Å². The molecule has 3 aromatic rings. The quantitative estimate of drug-likeness (QED) is 0.463. The molecule has 0 saturated carbocycles. The molecule has 1 N–H and O–H groups in total. The van der Waals surface area contributed by atoms with Gasteiger partial charge in [-0.25, -0.2) is 8.42 Å². The van der Waals surface area contributed by atoms with Crippen LogP contribution >= 0.6 is 0 Å². The fourth-order valence-corrected chi connectivity index (χ4v) is 4.83. The summed E-state index contributed by atoms with van der Waals surface area (Å²) in [5.74, 6) is -0.726. The fraction of sp³-hybridized carbons (Fsp3) is 0.333. The van der Waals surface area contributed by atoms with Crippen LogP contribution < -0.4 is 9.62 Å².